The molecule has 1 saturated carbocycles. The Bertz CT molecular complexity index is 1080. The van der Waals surface area contributed by atoms with Crippen LogP contribution in [0.2, 0.25) is 0 Å². The molecular formula is C20H17F4N3O4. The fourth-order valence-electron chi connectivity index (χ4n) is 3.81. The number of pyridine rings is 2. The molecule has 0 N–H and O–H groups in total. The molecule has 1 aliphatic heterocycles. The molecule has 11 heteroatoms. The van der Waals surface area contributed by atoms with Crippen molar-refractivity contribution in [2.24, 2.45) is 5.92 Å². The number of alkyl halides is 3. The largest absolute Gasteiger partial charge is 0.434 e. The summed E-state index contributed by atoms with van der Waals surface area (Å²) in [5, 5.41) is -0.142. The molecule has 4 rings (SSSR count). The number of methoxy groups -OCH3 is 1. The number of fused-ring (bicyclic) bond motifs is 1. The van der Waals surface area contributed by atoms with Crippen molar-refractivity contribution < 1.29 is 36.7 Å². The average molecular weight is 439 g/mol. The average Bonchev–Trinajstić information content (AvgIpc) is 2.65. The van der Waals surface area contributed by atoms with Crippen molar-refractivity contribution in [1.29, 1.82) is 0 Å². The molecule has 0 atom stereocenters. The number of ketones is 3. The van der Waals surface area contributed by atoms with Crippen LogP contribution in [0.4, 0.5) is 23.4 Å². The molecule has 164 valence electrons. The molecular weight excluding hydrogens is 422 g/mol. The molecule has 0 amide bonds. The van der Waals surface area contributed by atoms with Gasteiger partial charge in [0, 0.05) is 38.4 Å². The number of carbonyl (C=O) groups is 3. The Balaban J connectivity index is 1.81. The second kappa shape index (κ2) is 7.63. The lowest BCUT2D eigenvalue weighted by molar-refractivity contribution is -0.142. The summed E-state index contributed by atoms with van der Waals surface area (Å²) >= 11 is 0. The lowest BCUT2D eigenvalue weighted by Crippen LogP contribution is -2.52. The minimum atomic E-state index is -5.05. The fraction of sp³-hybridized carbons (Fsp3) is 0.450. The number of carbonyl (C=O) groups excluding carboxylic acids is 3. The van der Waals surface area contributed by atoms with Crippen LogP contribution in [0.1, 0.15) is 35.3 Å². The monoisotopic (exact) mass is 439 g/mol. The Hall–Kier alpha value is -2.95. The van der Waals surface area contributed by atoms with Gasteiger partial charge in [-0.25, -0.2) is 14.4 Å². The third kappa shape index (κ3) is 3.78. The van der Waals surface area contributed by atoms with E-state index in [2.05, 4.69) is 9.97 Å². The molecule has 0 unspecified atom stereocenters. The highest BCUT2D eigenvalue weighted by Gasteiger charge is 2.43. The zero-order valence-electron chi connectivity index (χ0n) is 16.3. The molecule has 31 heavy (non-hydrogen) atoms. The quantitative estimate of drug-likeness (QED) is 0.411. The number of hydrogen-bond donors (Lipinski definition) is 0. The Kier molecular flexibility index (Phi) is 5.24. The molecule has 2 fully saturated rings. The van der Waals surface area contributed by atoms with Gasteiger partial charge in [0.1, 0.15) is 5.92 Å². The van der Waals surface area contributed by atoms with E-state index in [1.165, 1.54) is 12.0 Å². The number of nitrogens with zero attached hydrogens (tertiary/aromatic N) is 3. The van der Waals surface area contributed by atoms with Crippen molar-refractivity contribution in [1.82, 2.24) is 9.97 Å². The lowest BCUT2D eigenvalue weighted by atomic mass is 9.81. The van der Waals surface area contributed by atoms with Crippen LogP contribution < -0.4 is 4.90 Å². The molecule has 3 heterocycles. The van der Waals surface area contributed by atoms with Gasteiger partial charge in [0.25, 0.3) is 0 Å². The molecule has 0 spiro atoms. The Morgan fingerprint density at radius 3 is 2.35 bits per heavy atom. The van der Waals surface area contributed by atoms with Gasteiger partial charge in [-0.05, 0) is 18.6 Å². The van der Waals surface area contributed by atoms with E-state index in [0.29, 0.717) is 13.1 Å². The van der Waals surface area contributed by atoms with E-state index in [9.17, 15) is 31.9 Å². The summed E-state index contributed by atoms with van der Waals surface area (Å²) in [5.41, 5.74) is -2.90. The molecule has 2 aromatic heterocycles. The molecule has 1 aliphatic carbocycles. The normalized spacial score (nSPS) is 18.5. The zero-order valence-corrected chi connectivity index (χ0v) is 16.3. The van der Waals surface area contributed by atoms with E-state index in [1.807, 2.05) is 0 Å². The highest BCUT2D eigenvalue weighted by atomic mass is 19.4. The van der Waals surface area contributed by atoms with Crippen LogP contribution in [0, 0.1) is 11.7 Å². The van der Waals surface area contributed by atoms with Crippen LogP contribution in [0.5, 0.6) is 0 Å². The number of anilines is 1. The van der Waals surface area contributed by atoms with Crippen molar-refractivity contribution in [3.05, 3.63) is 29.2 Å². The second-order valence-corrected chi connectivity index (χ2v) is 7.57. The van der Waals surface area contributed by atoms with Gasteiger partial charge < -0.3 is 9.64 Å². The summed E-state index contributed by atoms with van der Waals surface area (Å²) in [7, 11) is 1.49. The molecule has 7 nitrogen and oxygen atoms in total. The highest BCUT2D eigenvalue weighted by Crippen LogP contribution is 2.35. The van der Waals surface area contributed by atoms with Crippen molar-refractivity contribution >= 4 is 34.2 Å². The number of aromatic nitrogens is 2. The molecule has 0 aromatic carbocycles. The maximum atomic E-state index is 14.6. The van der Waals surface area contributed by atoms with Gasteiger partial charge in [-0.15, -0.1) is 0 Å². The third-order valence-electron chi connectivity index (χ3n) is 5.51. The maximum absolute atomic E-state index is 14.6. The highest BCUT2D eigenvalue weighted by molar-refractivity contribution is 6.25. The van der Waals surface area contributed by atoms with Crippen LogP contribution in [0.25, 0.3) is 11.0 Å². The summed E-state index contributed by atoms with van der Waals surface area (Å²) in [5.74, 6) is -5.48. The first-order chi connectivity index (χ1) is 14.6. The number of rotatable bonds is 4. The van der Waals surface area contributed by atoms with Crippen molar-refractivity contribution in [2.75, 3.05) is 25.1 Å². The minimum Gasteiger partial charge on any atom is -0.378 e. The van der Waals surface area contributed by atoms with E-state index >= 15 is 0 Å². The SMILES string of the molecule is COC1CN(c2nc3nc(C(F)(F)F)c(C(=O)C4C(=O)CCCC4=O)cc3cc2F)C1. The number of Topliss-reactive ketones (excluding diaryl/α,β-unsaturated/α-hetero) is 3. The standard InChI is InChI=1S/C20H17F4N3O4/c1-31-10-7-27(8-10)19-12(21)6-9-5-11(17(20(22,23)24)25-18(9)26-19)16(30)15-13(28)3-2-4-14(15)29/h5-6,10,15H,2-4,7-8H2,1H3. The van der Waals surface area contributed by atoms with Gasteiger partial charge in [0.15, 0.2) is 40.3 Å². The molecule has 0 bridgehead atoms. The van der Waals surface area contributed by atoms with E-state index in [1.54, 1.807) is 0 Å². The van der Waals surface area contributed by atoms with Crippen molar-refractivity contribution in [3.63, 3.8) is 0 Å². The van der Waals surface area contributed by atoms with Crippen molar-refractivity contribution in [2.45, 2.75) is 31.5 Å². The Morgan fingerprint density at radius 2 is 1.77 bits per heavy atom. The molecule has 2 aromatic rings. The number of hydrogen-bond acceptors (Lipinski definition) is 7. The van der Waals surface area contributed by atoms with Gasteiger partial charge in [-0.2, -0.15) is 13.2 Å². The van der Waals surface area contributed by atoms with Crippen molar-refractivity contribution in [3.8, 4) is 0 Å². The predicted octanol–water partition coefficient (Wildman–Crippen LogP) is 2.74. The minimum absolute atomic E-state index is 0.0671. The zero-order chi connectivity index (χ0) is 22.5. The number of halogens is 4. The maximum Gasteiger partial charge on any atom is 0.434 e. The van der Waals surface area contributed by atoms with Crippen LogP contribution in [-0.2, 0) is 20.5 Å². The molecule has 1 saturated heterocycles. The van der Waals surface area contributed by atoms with Crippen LogP contribution in [0.15, 0.2) is 12.1 Å². The topological polar surface area (TPSA) is 89.5 Å². The molecule has 2 aliphatic rings. The smallest absolute Gasteiger partial charge is 0.378 e. The van der Waals surface area contributed by atoms with Gasteiger partial charge in [-0.1, -0.05) is 0 Å². The van der Waals surface area contributed by atoms with Crippen LogP contribution in [0.3, 0.4) is 0 Å². The first kappa shape index (κ1) is 21.3. The Morgan fingerprint density at radius 1 is 1.13 bits per heavy atom. The van der Waals surface area contributed by atoms with E-state index in [-0.39, 0.29) is 36.6 Å². The summed E-state index contributed by atoms with van der Waals surface area (Å²) in [6.45, 7) is 0.640. The Labute approximate surface area is 173 Å². The van der Waals surface area contributed by atoms with Gasteiger partial charge in [0.05, 0.1) is 11.7 Å². The summed E-state index contributed by atoms with van der Waals surface area (Å²) in [4.78, 5) is 45.9. The first-order valence-electron chi connectivity index (χ1n) is 9.56. The first-order valence-corrected chi connectivity index (χ1v) is 9.56. The number of ether oxygens (including phenoxy) is 1. The summed E-state index contributed by atoms with van der Waals surface area (Å²) in [6, 6.07) is 1.74. The van der Waals surface area contributed by atoms with E-state index < -0.39 is 52.2 Å². The predicted molar refractivity (Wildman–Crippen MR) is 99.2 cm³/mol. The van der Waals surface area contributed by atoms with Crippen LogP contribution >= 0.6 is 0 Å². The third-order valence-corrected chi connectivity index (χ3v) is 5.51. The van der Waals surface area contributed by atoms with Gasteiger partial charge in [-0.3, -0.25) is 14.4 Å². The van der Waals surface area contributed by atoms with E-state index in [0.717, 1.165) is 12.1 Å². The summed E-state index contributed by atoms with van der Waals surface area (Å²) < 4.78 is 60.8. The van der Waals surface area contributed by atoms with Gasteiger partial charge >= 0.3 is 6.18 Å². The fourth-order valence-corrected chi connectivity index (χ4v) is 3.81. The van der Waals surface area contributed by atoms with Gasteiger partial charge in [0.2, 0.25) is 0 Å². The van der Waals surface area contributed by atoms with E-state index in [4.69, 9.17) is 4.74 Å². The molecule has 0 radical (unpaired) electrons. The van der Waals surface area contributed by atoms with Crippen LogP contribution in [-0.4, -0.2) is 53.6 Å². The summed E-state index contributed by atoms with van der Waals surface area (Å²) in [6.07, 6.45) is -5.07. The second-order valence-electron chi connectivity index (χ2n) is 7.57. The lowest BCUT2D eigenvalue weighted by Gasteiger charge is -2.39.